The van der Waals surface area contributed by atoms with Gasteiger partial charge in [0.2, 0.25) is 0 Å². The first-order valence-electron chi connectivity index (χ1n) is 8.97. The zero-order chi connectivity index (χ0) is 18.9. The van der Waals surface area contributed by atoms with Crippen LogP contribution in [0.2, 0.25) is 0 Å². The summed E-state index contributed by atoms with van der Waals surface area (Å²) in [7, 11) is 0. The highest BCUT2D eigenvalue weighted by molar-refractivity contribution is 5.91. The van der Waals surface area contributed by atoms with Crippen LogP contribution in [0.4, 0.5) is 0 Å². The maximum atomic E-state index is 12.7. The largest absolute Gasteiger partial charge is 0.459 e. The molecule has 1 aliphatic carbocycles. The fourth-order valence-corrected chi connectivity index (χ4v) is 3.84. The number of carbonyl (C=O) groups excluding carboxylic acids is 2. The molecule has 4 rings (SSSR count). The first-order chi connectivity index (χ1) is 12.1. The number of ether oxygens (including phenoxy) is 4. The van der Waals surface area contributed by atoms with E-state index in [1.165, 1.54) is 0 Å². The number of hydrogen-bond donors (Lipinski definition) is 0. The number of rotatable bonds is 2. The molecule has 7 atom stereocenters. The van der Waals surface area contributed by atoms with Crippen LogP contribution >= 0.6 is 0 Å². The van der Waals surface area contributed by atoms with Crippen LogP contribution in [0, 0.1) is 5.92 Å². The Morgan fingerprint density at radius 2 is 2.04 bits per heavy atom. The molecule has 140 valence electrons. The smallest absolute Gasteiger partial charge is 0.341 e. The standard InChI is InChI=1S/C20H24O6/c1-10-6-7-15-19(4,26-15)9-14(24-18(22)20(5)12(3)25-20)16-11(2)17(21)23-13(16)8-10/h6-8,12-16H,2,9H2,1,3-5H3. The van der Waals surface area contributed by atoms with Gasteiger partial charge in [0.25, 0.3) is 0 Å². The predicted molar refractivity (Wildman–Crippen MR) is 92.1 cm³/mol. The van der Waals surface area contributed by atoms with E-state index in [1.807, 2.05) is 39.0 Å². The van der Waals surface area contributed by atoms with Gasteiger partial charge in [0.05, 0.1) is 17.6 Å². The van der Waals surface area contributed by atoms with Crippen molar-refractivity contribution in [2.24, 2.45) is 5.92 Å². The Bertz CT molecular complexity index is 751. The van der Waals surface area contributed by atoms with Crippen LogP contribution in [0.25, 0.3) is 0 Å². The molecule has 0 aromatic carbocycles. The highest BCUT2D eigenvalue weighted by Crippen LogP contribution is 2.47. The van der Waals surface area contributed by atoms with E-state index in [1.54, 1.807) is 6.92 Å². The van der Waals surface area contributed by atoms with E-state index in [4.69, 9.17) is 18.9 Å². The molecule has 3 heterocycles. The third-order valence-electron chi connectivity index (χ3n) is 5.97. The van der Waals surface area contributed by atoms with Crippen molar-refractivity contribution in [1.29, 1.82) is 0 Å². The van der Waals surface area contributed by atoms with Crippen LogP contribution in [-0.2, 0) is 28.5 Å². The number of hydrogen-bond acceptors (Lipinski definition) is 6. The second-order valence-corrected chi connectivity index (χ2v) is 8.06. The minimum Gasteiger partial charge on any atom is -0.459 e. The van der Waals surface area contributed by atoms with Crippen molar-refractivity contribution in [1.82, 2.24) is 0 Å². The van der Waals surface area contributed by atoms with E-state index < -0.39 is 41.3 Å². The molecule has 3 aliphatic heterocycles. The van der Waals surface area contributed by atoms with Gasteiger partial charge in [-0.05, 0) is 33.8 Å². The quantitative estimate of drug-likeness (QED) is 0.427. The SMILES string of the molecule is C=C1C(=O)OC2C=C(C)C=CC3OC3(C)CC(OC(=O)C3(C)OC3C)C12. The number of fused-ring (bicyclic) bond motifs is 2. The Hall–Kier alpha value is -1.92. The van der Waals surface area contributed by atoms with E-state index in [0.717, 1.165) is 5.57 Å². The van der Waals surface area contributed by atoms with E-state index in [-0.39, 0.29) is 12.2 Å². The van der Waals surface area contributed by atoms with Crippen molar-refractivity contribution >= 4 is 11.9 Å². The van der Waals surface area contributed by atoms with Gasteiger partial charge >= 0.3 is 11.9 Å². The normalized spacial score (nSPS) is 46.6. The molecule has 0 N–H and O–H groups in total. The molecule has 3 saturated heterocycles. The summed E-state index contributed by atoms with van der Waals surface area (Å²) in [4.78, 5) is 24.8. The van der Waals surface area contributed by atoms with Gasteiger partial charge in [0.1, 0.15) is 18.3 Å². The summed E-state index contributed by atoms with van der Waals surface area (Å²) in [6.45, 7) is 11.4. The summed E-state index contributed by atoms with van der Waals surface area (Å²) in [6.07, 6.45) is 4.98. The van der Waals surface area contributed by atoms with Crippen LogP contribution in [0.15, 0.2) is 36.0 Å². The molecule has 0 saturated carbocycles. The van der Waals surface area contributed by atoms with Crippen molar-refractivity contribution in [2.75, 3.05) is 0 Å². The molecule has 0 amide bonds. The molecule has 3 fully saturated rings. The van der Waals surface area contributed by atoms with E-state index >= 15 is 0 Å². The van der Waals surface area contributed by atoms with Crippen LogP contribution < -0.4 is 0 Å². The van der Waals surface area contributed by atoms with Gasteiger partial charge in [0, 0.05) is 12.0 Å². The minimum atomic E-state index is -0.925. The first kappa shape index (κ1) is 17.5. The number of esters is 2. The maximum absolute atomic E-state index is 12.7. The number of epoxide rings is 2. The second-order valence-electron chi connectivity index (χ2n) is 8.06. The lowest BCUT2D eigenvalue weighted by Crippen LogP contribution is -2.39. The fraction of sp³-hybridized carbons (Fsp3) is 0.600. The van der Waals surface area contributed by atoms with Gasteiger partial charge in [0.15, 0.2) is 5.60 Å². The van der Waals surface area contributed by atoms with Crippen molar-refractivity contribution in [3.63, 3.8) is 0 Å². The molecule has 4 aliphatic rings. The average molecular weight is 360 g/mol. The second kappa shape index (κ2) is 5.54. The molecule has 26 heavy (non-hydrogen) atoms. The highest BCUT2D eigenvalue weighted by Gasteiger charge is 2.60. The van der Waals surface area contributed by atoms with Gasteiger partial charge in [-0.1, -0.05) is 24.3 Å². The summed E-state index contributed by atoms with van der Waals surface area (Å²) in [5.41, 5.74) is -0.0751. The van der Waals surface area contributed by atoms with Crippen molar-refractivity contribution < 1.29 is 28.5 Å². The lowest BCUT2D eigenvalue weighted by molar-refractivity contribution is -0.159. The molecule has 0 aromatic rings. The van der Waals surface area contributed by atoms with Gasteiger partial charge in [-0.15, -0.1) is 0 Å². The van der Waals surface area contributed by atoms with Crippen LogP contribution in [0.3, 0.4) is 0 Å². The third kappa shape index (κ3) is 2.72. The predicted octanol–water partition coefficient (Wildman–Crippen LogP) is 2.24. The lowest BCUT2D eigenvalue weighted by atomic mass is 9.83. The van der Waals surface area contributed by atoms with Crippen LogP contribution in [0.5, 0.6) is 0 Å². The molecule has 0 spiro atoms. The average Bonchev–Trinajstić information content (AvgIpc) is 3.36. The molecule has 7 unspecified atom stereocenters. The zero-order valence-electron chi connectivity index (χ0n) is 15.5. The summed E-state index contributed by atoms with van der Waals surface area (Å²) in [5.74, 6) is -1.31. The number of allylic oxidation sites excluding steroid dienone is 2. The van der Waals surface area contributed by atoms with Gasteiger partial charge in [-0.3, -0.25) is 0 Å². The molecular weight excluding hydrogens is 336 g/mol. The Morgan fingerprint density at radius 3 is 2.69 bits per heavy atom. The fourth-order valence-electron chi connectivity index (χ4n) is 3.84. The molecule has 0 bridgehead atoms. The Morgan fingerprint density at radius 1 is 1.35 bits per heavy atom. The monoisotopic (exact) mass is 360 g/mol. The van der Waals surface area contributed by atoms with Crippen LogP contribution in [-0.4, -0.2) is 47.6 Å². The molecular formula is C20H24O6. The Balaban J connectivity index is 1.67. The first-order valence-corrected chi connectivity index (χ1v) is 8.97. The Labute approximate surface area is 152 Å². The lowest BCUT2D eigenvalue weighted by Gasteiger charge is -2.28. The van der Waals surface area contributed by atoms with Gasteiger partial charge < -0.3 is 18.9 Å². The van der Waals surface area contributed by atoms with Crippen LogP contribution in [0.1, 0.15) is 34.1 Å². The van der Waals surface area contributed by atoms with Crippen molar-refractivity contribution in [3.05, 3.63) is 36.0 Å². The van der Waals surface area contributed by atoms with Gasteiger partial charge in [-0.2, -0.15) is 0 Å². The summed E-state index contributed by atoms with van der Waals surface area (Å²) in [5, 5.41) is 0. The summed E-state index contributed by atoms with van der Waals surface area (Å²) >= 11 is 0. The summed E-state index contributed by atoms with van der Waals surface area (Å²) in [6, 6.07) is 0. The van der Waals surface area contributed by atoms with Crippen molar-refractivity contribution in [3.8, 4) is 0 Å². The number of carbonyl (C=O) groups is 2. The molecule has 6 nitrogen and oxygen atoms in total. The van der Waals surface area contributed by atoms with Gasteiger partial charge in [-0.25, -0.2) is 9.59 Å². The van der Waals surface area contributed by atoms with E-state index in [2.05, 4.69) is 6.58 Å². The van der Waals surface area contributed by atoms with Crippen molar-refractivity contribution in [2.45, 2.75) is 69.7 Å². The van der Waals surface area contributed by atoms with E-state index in [9.17, 15) is 9.59 Å². The third-order valence-corrected chi connectivity index (χ3v) is 5.97. The maximum Gasteiger partial charge on any atom is 0.341 e. The highest BCUT2D eigenvalue weighted by atomic mass is 16.7. The minimum absolute atomic E-state index is 0.0402. The molecule has 0 radical (unpaired) electrons. The zero-order valence-corrected chi connectivity index (χ0v) is 15.5. The summed E-state index contributed by atoms with van der Waals surface area (Å²) < 4.78 is 22.6. The van der Waals surface area contributed by atoms with E-state index in [0.29, 0.717) is 12.0 Å². The molecule has 0 aromatic heterocycles. The molecule has 6 heteroatoms. The topological polar surface area (TPSA) is 77.7 Å². The Kier molecular flexibility index (Phi) is 3.72.